The molecule has 3 heterocycles. The number of aromatic nitrogens is 3. The molecule has 2 N–H and O–H groups in total. The van der Waals surface area contributed by atoms with Gasteiger partial charge in [-0.15, -0.1) is 0 Å². The Morgan fingerprint density at radius 3 is 2.73 bits per heavy atom. The summed E-state index contributed by atoms with van der Waals surface area (Å²) in [5.41, 5.74) is 4.80. The monoisotopic (exact) mass is 293 g/mol. The van der Waals surface area contributed by atoms with Crippen LogP contribution in [0.4, 0.5) is 0 Å². The molecule has 0 spiro atoms. The standard InChI is InChI=1S/C17H19N5/c1-12-3-8-17-20-9-15(22(17)10-12)6-4-14-5-7-16(19)21(11-14)13(2)18/h3,5,7-11,18-19H,4,6H2,1-2H3. The van der Waals surface area contributed by atoms with Crippen LogP contribution in [0.1, 0.15) is 23.7 Å². The van der Waals surface area contributed by atoms with Crippen molar-refractivity contribution >= 4 is 11.5 Å². The highest BCUT2D eigenvalue weighted by Gasteiger charge is 2.05. The number of pyridine rings is 2. The maximum atomic E-state index is 7.81. The number of aryl methyl sites for hydroxylation is 3. The van der Waals surface area contributed by atoms with Crippen LogP contribution in [-0.4, -0.2) is 19.8 Å². The first-order chi connectivity index (χ1) is 10.5. The van der Waals surface area contributed by atoms with E-state index in [2.05, 4.69) is 28.6 Å². The van der Waals surface area contributed by atoms with Gasteiger partial charge in [0.15, 0.2) is 0 Å². The number of hydrogen-bond acceptors (Lipinski definition) is 3. The number of fused-ring (bicyclic) bond motifs is 1. The van der Waals surface area contributed by atoms with E-state index >= 15 is 0 Å². The van der Waals surface area contributed by atoms with Gasteiger partial charge in [-0.05, 0) is 49.9 Å². The summed E-state index contributed by atoms with van der Waals surface area (Å²) in [7, 11) is 0. The zero-order chi connectivity index (χ0) is 15.7. The van der Waals surface area contributed by atoms with Gasteiger partial charge in [-0.1, -0.05) is 12.1 Å². The predicted octanol–water partition coefficient (Wildman–Crippen LogP) is 2.55. The van der Waals surface area contributed by atoms with Gasteiger partial charge in [-0.25, -0.2) is 4.98 Å². The number of imidazole rings is 1. The van der Waals surface area contributed by atoms with Crippen molar-refractivity contribution in [3.8, 4) is 0 Å². The third kappa shape index (κ3) is 2.70. The smallest absolute Gasteiger partial charge is 0.136 e. The summed E-state index contributed by atoms with van der Waals surface area (Å²) in [6.07, 6.45) is 7.63. The zero-order valence-corrected chi connectivity index (χ0v) is 12.8. The molecule has 3 aromatic rings. The Bertz CT molecular complexity index is 901. The third-order valence-corrected chi connectivity index (χ3v) is 3.77. The molecule has 0 bridgehead atoms. The molecule has 0 fully saturated rings. The topological polar surface area (TPSA) is 69.9 Å². The molecule has 22 heavy (non-hydrogen) atoms. The maximum absolute atomic E-state index is 7.81. The fraction of sp³-hybridized carbons (Fsp3) is 0.235. The van der Waals surface area contributed by atoms with E-state index in [1.165, 1.54) is 11.3 Å². The fourth-order valence-electron chi connectivity index (χ4n) is 2.56. The Balaban J connectivity index is 1.85. The minimum Gasteiger partial charge on any atom is -0.304 e. The average molecular weight is 293 g/mol. The average Bonchev–Trinajstić information content (AvgIpc) is 2.88. The molecule has 0 radical (unpaired) electrons. The van der Waals surface area contributed by atoms with E-state index in [1.54, 1.807) is 17.6 Å². The van der Waals surface area contributed by atoms with E-state index in [9.17, 15) is 0 Å². The second kappa shape index (κ2) is 5.60. The highest BCUT2D eigenvalue weighted by Crippen LogP contribution is 2.11. The molecule has 0 atom stereocenters. The van der Waals surface area contributed by atoms with Crippen molar-refractivity contribution in [2.24, 2.45) is 0 Å². The van der Waals surface area contributed by atoms with Crippen molar-refractivity contribution in [3.05, 3.63) is 65.2 Å². The Morgan fingerprint density at radius 2 is 1.95 bits per heavy atom. The molecule has 112 valence electrons. The van der Waals surface area contributed by atoms with E-state index in [0.29, 0.717) is 11.3 Å². The summed E-state index contributed by atoms with van der Waals surface area (Å²) in [5.74, 6) is 0.359. The molecular formula is C17H19N5. The van der Waals surface area contributed by atoms with Gasteiger partial charge in [0.05, 0.1) is 0 Å². The minimum absolute atomic E-state index is 0.335. The molecule has 0 saturated carbocycles. The van der Waals surface area contributed by atoms with Crippen LogP contribution in [0.25, 0.3) is 5.65 Å². The van der Waals surface area contributed by atoms with E-state index in [4.69, 9.17) is 10.8 Å². The molecule has 0 unspecified atom stereocenters. The van der Waals surface area contributed by atoms with Gasteiger partial charge in [-0.3, -0.25) is 15.4 Å². The first kappa shape index (κ1) is 14.3. The summed E-state index contributed by atoms with van der Waals surface area (Å²) in [6, 6.07) is 7.79. The molecule has 5 heteroatoms. The summed E-state index contributed by atoms with van der Waals surface area (Å²) in [5, 5.41) is 15.5. The van der Waals surface area contributed by atoms with Gasteiger partial charge >= 0.3 is 0 Å². The van der Waals surface area contributed by atoms with E-state index in [-0.39, 0.29) is 0 Å². The van der Waals surface area contributed by atoms with Gasteiger partial charge in [0.2, 0.25) is 0 Å². The summed E-state index contributed by atoms with van der Waals surface area (Å²) >= 11 is 0. The van der Waals surface area contributed by atoms with Crippen LogP contribution < -0.4 is 5.49 Å². The molecule has 0 aliphatic heterocycles. The number of nitrogens with zero attached hydrogens (tertiary/aromatic N) is 3. The minimum atomic E-state index is 0.335. The lowest BCUT2D eigenvalue weighted by molar-refractivity contribution is 0.865. The fourth-order valence-corrected chi connectivity index (χ4v) is 2.56. The first-order valence-corrected chi connectivity index (χ1v) is 7.29. The molecule has 0 aliphatic carbocycles. The van der Waals surface area contributed by atoms with Crippen LogP contribution in [0.15, 0.2) is 42.9 Å². The van der Waals surface area contributed by atoms with Gasteiger partial charge in [0.1, 0.15) is 17.0 Å². The molecule has 0 saturated heterocycles. The van der Waals surface area contributed by atoms with Crippen LogP contribution in [0.3, 0.4) is 0 Å². The van der Waals surface area contributed by atoms with E-state index in [1.807, 2.05) is 24.5 Å². The maximum Gasteiger partial charge on any atom is 0.136 e. The highest BCUT2D eigenvalue weighted by atomic mass is 15.0. The number of hydrogen-bond donors (Lipinski definition) is 2. The van der Waals surface area contributed by atoms with Crippen LogP contribution in [0.2, 0.25) is 0 Å². The molecule has 0 aliphatic rings. The predicted molar refractivity (Wildman–Crippen MR) is 86.4 cm³/mol. The normalized spacial score (nSPS) is 11.0. The van der Waals surface area contributed by atoms with Gasteiger partial charge in [0.25, 0.3) is 0 Å². The van der Waals surface area contributed by atoms with Crippen molar-refractivity contribution in [2.75, 3.05) is 0 Å². The summed E-state index contributed by atoms with van der Waals surface area (Å²) in [4.78, 5) is 4.43. The first-order valence-electron chi connectivity index (χ1n) is 7.29. The molecule has 3 aromatic heterocycles. The van der Waals surface area contributed by atoms with Crippen LogP contribution >= 0.6 is 0 Å². The molecule has 0 aromatic carbocycles. The van der Waals surface area contributed by atoms with E-state index in [0.717, 1.165) is 24.1 Å². The van der Waals surface area contributed by atoms with Crippen molar-refractivity contribution in [3.63, 3.8) is 0 Å². The Morgan fingerprint density at radius 1 is 1.14 bits per heavy atom. The lowest BCUT2D eigenvalue weighted by atomic mass is 10.1. The van der Waals surface area contributed by atoms with Crippen molar-refractivity contribution in [1.82, 2.24) is 14.0 Å². The largest absolute Gasteiger partial charge is 0.304 e. The SMILES string of the molecule is CC(=N)n1cc(CCc2cnc3ccc(C)cn23)ccc1=N. The zero-order valence-electron chi connectivity index (χ0n) is 12.8. The Kier molecular flexibility index (Phi) is 3.63. The van der Waals surface area contributed by atoms with Gasteiger partial charge in [-0.2, -0.15) is 0 Å². The quantitative estimate of drug-likeness (QED) is 0.565. The van der Waals surface area contributed by atoms with Crippen LogP contribution in [0.5, 0.6) is 0 Å². The summed E-state index contributed by atoms with van der Waals surface area (Å²) in [6.45, 7) is 3.76. The van der Waals surface area contributed by atoms with Crippen molar-refractivity contribution in [2.45, 2.75) is 26.7 Å². The third-order valence-electron chi connectivity index (χ3n) is 3.77. The number of rotatable bonds is 3. The van der Waals surface area contributed by atoms with Crippen LogP contribution in [-0.2, 0) is 12.8 Å². The van der Waals surface area contributed by atoms with Gasteiger partial charge in [0, 0.05) is 24.3 Å². The number of nitrogens with one attached hydrogen (secondary N) is 2. The molecule has 0 amide bonds. The Hall–Kier alpha value is -2.69. The van der Waals surface area contributed by atoms with E-state index < -0.39 is 0 Å². The lowest BCUT2D eigenvalue weighted by Crippen LogP contribution is -2.24. The summed E-state index contributed by atoms with van der Waals surface area (Å²) < 4.78 is 3.72. The second-order valence-corrected chi connectivity index (χ2v) is 5.56. The Labute approximate surface area is 128 Å². The van der Waals surface area contributed by atoms with Crippen molar-refractivity contribution in [1.29, 1.82) is 10.8 Å². The highest BCUT2D eigenvalue weighted by molar-refractivity contribution is 5.78. The van der Waals surface area contributed by atoms with Crippen LogP contribution in [0, 0.1) is 17.7 Å². The van der Waals surface area contributed by atoms with Gasteiger partial charge < -0.3 is 4.40 Å². The molecule has 5 nitrogen and oxygen atoms in total. The second-order valence-electron chi connectivity index (χ2n) is 5.56. The van der Waals surface area contributed by atoms with Crippen molar-refractivity contribution < 1.29 is 0 Å². The molecular weight excluding hydrogens is 274 g/mol. The lowest BCUT2D eigenvalue weighted by Gasteiger charge is -2.08. The molecule has 3 rings (SSSR count).